The molecule has 0 saturated carbocycles. The van der Waals surface area contributed by atoms with Crippen molar-refractivity contribution < 1.29 is 0 Å². The van der Waals surface area contributed by atoms with Gasteiger partial charge in [-0.1, -0.05) is 19.8 Å². The standard InChI is InChI=1S/C11H21N3/c1-5-6-7-8-11-9(2)13-14(12-4)10(11)3/h12H,5-8H2,1-4H3. The van der Waals surface area contributed by atoms with Gasteiger partial charge in [0.1, 0.15) is 0 Å². The Morgan fingerprint density at radius 3 is 2.50 bits per heavy atom. The third-order valence-corrected chi connectivity index (χ3v) is 2.68. The summed E-state index contributed by atoms with van der Waals surface area (Å²) in [6, 6.07) is 0. The molecule has 1 aromatic heterocycles. The smallest absolute Gasteiger partial charge is 0.0649 e. The molecule has 14 heavy (non-hydrogen) atoms. The van der Waals surface area contributed by atoms with Crippen LogP contribution in [-0.2, 0) is 6.42 Å². The molecule has 3 nitrogen and oxygen atoms in total. The molecule has 0 aliphatic heterocycles. The van der Waals surface area contributed by atoms with Crippen LogP contribution < -0.4 is 5.43 Å². The zero-order chi connectivity index (χ0) is 10.6. The Morgan fingerprint density at radius 1 is 1.29 bits per heavy atom. The summed E-state index contributed by atoms with van der Waals surface area (Å²) in [7, 11) is 1.90. The van der Waals surface area contributed by atoms with Crippen molar-refractivity contribution in [3.63, 3.8) is 0 Å². The van der Waals surface area contributed by atoms with Crippen LogP contribution in [0.3, 0.4) is 0 Å². The zero-order valence-corrected chi connectivity index (χ0v) is 9.72. The molecule has 3 heteroatoms. The quantitative estimate of drug-likeness (QED) is 0.731. The van der Waals surface area contributed by atoms with Gasteiger partial charge in [-0.2, -0.15) is 9.89 Å². The molecule has 0 atom stereocenters. The maximum Gasteiger partial charge on any atom is 0.0649 e. The van der Waals surface area contributed by atoms with Gasteiger partial charge in [0.05, 0.1) is 11.4 Å². The maximum absolute atomic E-state index is 4.41. The van der Waals surface area contributed by atoms with Gasteiger partial charge in [-0.05, 0) is 32.3 Å². The lowest BCUT2D eigenvalue weighted by molar-refractivity contribution is 0.710. The van der Waals surface area contributed by atoms with Gasteiger partial charge in [-0.25, -0.2) is 0 Å². The highest BCUT2D eigenvalue weighted by Gasteiger charge is 2.09. The van der Waals surface area contributed by atoms with E-state index in [4.69, 9.17) is 0 Å². The number of nitrogens with one attached hydrogen (secondary N) is 1. The fourth-order valence-corrected chi connectivity index (χ4v) is 1.81. The lowest BCUT2D eigenvalue weighted by Gasteiger charge is -2.03. The van der Waals surface area contributed by atoms with Crippen LogP contribution in [0, 0.1) is 13.8 Å². The van der Waals surface area contributed by atoms with E-state index < -0.39 is 0 Å². The molecule has 0 amide bonds. The third kappa shape index (κ3) is 2.28. The van der Waals surface area contributed by atoms with Crippen LogP contribution in [0.5, 0.6) is 0 Å². The number of unbranched alkanes of at least 4 members (excludes halogenated alkanes) is 2. The van der Waals surface area contributed by atoms with Crippen molar-refractivity contribution in [2.45, 2.75) is 46.5 Å². The van der Waals surface area contributed by atoms with Crippen molar-refractivity contribution >= 4 is 0 Å². The van der Waals surface area contributed by atoms with Gasteiger partial charge in [0.2, 0.25) is 0 Å². The van der Waals surface area contributed by atoms with Gasteiger partial charge in [0, 0.05) is 7.05 Å². The molecule has 0 unspecified atom stereocenters. The minimum absolute atomic E-state index is 1.16. The molecule has 0 saturated heterocycles. The molecule has 1 N–H and O–H groups in total. The molecule has 0 fully saturated rings. The third-order valence-electron chi connectivity index (χ3n) is 2.68. The lowest BCUT2D eigenvalue weighted by Crippen LogP contribution is -2.12. The Balaban J connectivity index is 2.70. The van der Waals surface area contributed by atoms with Gasteiger partial charge in [-0.15, -0.1) is 0 Å². The van der Waals surface area contributed by atoms with Crippen LogP contribution in [0.25, 0.3) is 0 Å². The first-order valence-corrected chi connectivity index (χ1v) is 5.43. The van der Waals surface area contributed by atoms with Crippen LogP contribution in [0.15, 0.2) is 0 Å². The Morgan fingerprint density at radius 2 is 2.00 bits per heavy atom. The van der Waals surface area contributed by atoms with Gasteiger partial charge >= 0.3 is 0 Å². The van der Waals surface area contributed by atoms with Crippen molar-refractivity contribution in [2.24, 2.45) is 0 Å². The maximum atomic E-state index is 4.41. The van der Waals surface area contributed by atoms with E-state index in [0.717, 1.165) is 12.1 Å². The fourth-order valence-electron chi connectivity index (χ4n) is 1.81. The number of rotatable bonds is 5. The Hall–Kier alpha value is -0.990. The summed E-state index contributed by atoms with van der Waals surface area (Å²) < 4.78 is 0. The van der Waals surface area contributed by atoms with Crippen LogP contribution >= 0.6 is 0 Å². The molecule has 80 valence electrons. The first-order chi connectivity index (χ1) is 6.70. The summed E-state index contributed by atoms with van der Waals surface area (Å²) in [5, 5.41) is 4.41. The average Bonchev–Trinajstić information content (AvgIpc) is 2.45. The fraction of sp³-hybridized carbons (Fsp3) is 0.727. The number of nitrogens with zero attached hydrogens (tertiary/aromatic N) is 2. The second-order valence-electron chi connectivity index (χ2n) is 3.74. The molecule has 0 aliphatic carbocycles. The Labute approximate surface area is 86.5 Å². The molecular formula is C11H21N3. The van der Waals surface area contributed by atoms with Gasteiger partial charge < -0.3 is 5.43 Å². The predicted octanol–water partition coefficient (Wildman–Crippen LogP) is 2.41. The molecule has 1 rings (SSSR count). The number of aromatic nitrogens is 2. The van der Waals surface area contributed by atoms with Crippen molar-refractivity contribution in [1.29, 1.82) is 0 Å². The zero-order valence-electron chi connectivity index (χ0n) is 9.72. The van der Waals surface area contributed by atoms with Gasteiger partial charge in [0.25, 0.3) is 0 Å². The molecule has 1 aromatic rings. The van der Waals surface area contributed by atoms with E-state index in [1.54, 1.807) is 0 Å². The first kappa shape index (κ1) is 11.1. The van der Waals surface area contributed by atoms with Crippen molar-refractivity contribution in [1.82, 2.24) is 9.89 Å². The predicted molar refractivity (Wildman–Crippen MR) is 60.2 cm³/mol. The average molecular weight is 195 g/mol. The van der Waals surface area contributed by atoms with E-state index >= 15 is 0 Å². The molecule has 1 heterocycles. The first-order valence-electron chi connectivity index (χ1n) is 5.43. The van der Waals surface area contributed by atoms with E-state index in [0.29, 0.717) is 0 Å². The van der Waals surface area contributed by atoms with Crippen molar-refractivity contribution in [3.8, 4) is 0 Å². The monoisotopic (exact) mass is 195 g/mol. The topological polar surface area (TPSA) is 29.9 Å². The Kier molecular flexibility index (Phi) is 3.98. The molecule has 0 spiro atoms. The van der Waals surface area contributed by atoms with Gasteiger partial charge in [-0.3, -0.25) is 0 Å². The summed E-state index contributed by atoms with van der Waals surface area (Å²) in [5.41, 5.74) is 6.87. The summed E-state index contributed by atoms with van der Waals surface area (Å²) in [5.74, 6) is 0. The second-order valence-corrected chi connectivity index (χ2v) is 3.74. The number of hydrogen-bond acceptors (Lipinski definition) is 2. The molecule has 0 aromatic carbocycles. The Bertz CT molecular complexity index is 289. The highest BCUT2D eigenvalue weighted by molar-refractivity contribution is 5.25. The van der Waals surface area contributed by atoms with E-state index in [2.05, 4.69) is 31.3 Å². The van der Waals surface area contributed by atoms with Crippen LogP contribution in [0.1, 0.15) is 43.1 Å². The normalized spacial score (nSPS) is 10.6. The van der Waals surface area contributed by atoms with Crippen LogP contribution in [0.2, 0.25) is 0 Å². The highest BCUT2D eigenvalue weighted by atomic mass is 15.5. The van der Waals surface area contributed by atoms with E-state index in [9.17, 15) is 0 Å². The molecule has 0 aliphatic rings. The summed E-state index contributed by atoms with van der Waals surface area (Å²) in [6.07, 6.45) is 5.02. The second kappa shape index (κ2) is 5.03. The molecule has 0 bridgehead atoms. The number of aryl methyl sites for hydroxylation is 1. The molecular weight excluding hydrogens is 174 g/mol. The van der Waals surface area contributed by atoms with Gasteiger partial charge in [0.15, 0.2) is 0 Å². The summed E-state index contributed by atoms with van der Waals surface area (Å²) in [4.78, 5) is 1.86. The SMILES string of the molecule is CCCCCc1c(C)nn(NC)c1C. The minimum Gasteiger partial charge on any atom is -0.313 e. The van der Waals surface area contributed by atoms with Crippen LogP contribution in [-0.4, -0.2) is 16.9 Å². The minimum atomic E-state index is 1.16. The summed E-state index contributed by atoms with van der Waals surface area (Å²) >= 11 is 0. The van der Waals surface area contributed by atoms with E-state index in [1.807, 2.05) is 11.8 Å². The molecule has 0 radical (unpaired) electrons. The van der Waals surface area contributed by atoms with Crippen molar-refractivity contribution in [3.05, 3.63) is 17.0 Å². The van der Waals surface area contributed by atoms with E-state index in [-0.39, 0.29) is 0 Å². The van der Waals surface area contributed by atoms with Crippen molar-refractivity contribution in [2.75, 3.05) is 12.5 Å². The number of hydrogen-bond donors (Lipinski definition) is 1. The lowest BCUT2D eigenvalue weighted by atomic mass is 10.1. The van der Waals surface area contributed by atoms with E-state index in [1.165, 1.54) is 30.5 Å². The van der Waals surface area contributed by atoms with Crippen LogP contribution in [0.4, 0.5) is 0 Å². The highest BCUT2D eigenvalue weighted by Crippen LogP contribution is 2.15. The summed E-state index contributed by atoms with van der Waals surface area (Å²) in [6.45, 7) is 6.44. The largest absolute Gasteiger partial charge is 0.313 e.